The van der Waals surface area contributed by atoms with Crippen molar-refractivity contribution < 1.29 is 23.8 Å². The van der Waals surface area contributed by atoms with Crippen molar-refractivity contribution in [1.29, 1.82) is 0 Å². The summed E-state index contributed by atoms with van der Waals surface area (Å²) in [6.45, 7) is 2.24. The van der Waals surface area contributed by atoms with Gasteiger partial charge in [0.25, 0.3) is 5.78 Å². The number of ketones is 1. The van der Waals surface area contributed by atoms with E-state index < -0.39 is 17.7 Å². The highest BCUT2D eigenvalue weighted by Gasteiger charge is 2.48. The zero-order chi connectivity index (χ0) is 30.6. The summed E-state index contributed by atoms with van der Waals surface area (Å²) in [5, 5.41) is 20.1. The maximum absolute atomic E-state index is 14.2. The van der Waals surface area contributed by atoms with Gasteiger partial charge in [0.1, 0.15) is 23.9 Å². The van der Waals surface area contributed by atoms with Crippen LogP contribution in [0.25, 0.3) is 5.76 Å². The van der Waals surface area contributed by atoms with Gasteiger partial charge in [0.15, 0.2) is 4.34 Å². The molecule has 0 spiro atoms. The Kier molecular flexibility index (Phi) is 8.53. The molecule has 1 atom stereocenters. The zero-order valence-corrected chi connectivity index (χ0v) is 25.1. The minimum absolute atomic E-state index is 0.0603. The molecule has 1 aliphatic heterocycles. The van der Waals surface area contributed by atoms with E-state index in [-0.39, 0.29) is 22.3 Å². The maximum atomic E-state index is 14.2. The summed E-state index contributed by atoms with van der Waals surface area (Å²) in [6.07, 6.45) is 0. The van der Waals surface area contributed by atoms with Crippen LogP contribution in [0.4, 0.5) is 9.52 Å². The third-order valence-corrected chi connectivity index (χ3v) is 9.21. The molecular weight excluding hydrogens is 598 g/mol. The fraction of sp³-hybridized carbons (Fsp3) is 0.118. The number of aliphatic hydroxyl groups excluding tert-OH is 1. The van der Waals surface area contributed by atoms with Gasteiger partial charge in [-0.3, -0.25) is 14.5 Å². The minimum Gasteiger partial charge on any atom is -0.507 e. The van der Waals surface area contributed by atoms with Crippen LogP contribution in [-0.2, 0) is 21.9 Å². The van der Waals surface area contributed by atoms with Crippen molar-refractivity contribution in [1.82, 2.24) is 10.2 Å². The molecule has 1 aromatic heterocycles. The Balaban J connectivity index is 1.37. The van der Waals surface area contributed by atoms with Gasteiger partial charge in [0.05, 0.1) is 11.6 Å². The van der Waals surface area contributed by atoms with Crippen LogP contribution in [0.2, 0.25) is 0 Å². The zero-order valence-electron chi connectivity index (χ0n) is 23.5. The largest absolute Gasteiger partial charge is 0.507 e. The van der Waals surface area contributed by atoms with E-state index in [4.69, 9.17) is 4.74 Å². The van der Waals surface area contributed by atoms with Crippen LogP contribution in [0.5, 0.6) is 5.75 Å². The van der Waals surface area contributed by atoms with Crippen LogP contribution < -0.4 is 9.64 Å². The molecule has 0 radical (unpaired) electrons. The number of aromatic nitrogens is 2. The van der Waals surface area contributed by atoms with Crippen molar-refractivity contribution in [3.63, 3.8) is 0 Å². The maximum Gasteiger partial charge on any atom is 0.301 e. The van der Waals surface area contributed by atoms with Crippen LogP contribution in [-0.4, -0.2) is 27.0 Å². The minimum atomic E-state index is -0.992. The number of carbonyl (C=O) groups is 2. The van der Waals surface area contributed by atoms with Gasteiger partial charge in [-0.05, 0) is 41.8 Å². The molecule has 10 heteroatoms. The number of amides is 1. The predicted octanol–water partition coefficient (Wildman–Crippen LogP) is 7.48. The topological polar surface area (TPSA) is 92.6 Å². The summed E-state index contributed by atoms with van der Waals surface area (Å²) in [6, 6.07) is 29.3. The average Bonchev–Trinajstić information content (AvgIpc) is 3.62. The monoisotopic (exact) mass is 623 g/mol. The van der Waals surface area contributed by atoms with Crippen LogP contribution >= 0.6 is 23.1 Å². The van der Waals surface area contributed by atoms with E-state index in [1.807, 2.05) is 49.4 Å². The van der Waals surface area contributed by atoms with Crippen molar-refractivity contribution in [3.8, 4) is 5.75 Å². The first kappa shape index (κ1) is 29.3. The highest BCUT2D eigenvalue weighted by atomic mass is 32.2. The Hall–Kier alpha value is -4.80. The molecule has 0 aliphatic carbocycles. The van der Waals surface area contributed by atoms with Gasteiger partial charge >= 0.3 is 5.91 Å². The van der Waals surface area contributed by atoms with Gasteiger partial charge in [-0.25, -0.2) is 4.39 Å². The third kappa shape index (κ3) is 6.13. The molecule has 1 amide bonds. The number of aliphatic hydroxyl groups is 1. The molecular formula is C34H26FN3O4S2. The Morgan fingerprint density at radius 1 is 0.955 bits per heavy atom. The van der Waals surface area contributed by atoms with Crippen molar-refractivity contribution in [2.45, 2.75) is 29.7 Å². The van der Waals surface area contributed by atoms with Gasteiger partial charge in [0.2, 0.25) is 5.13 Å². The SMILES string of the molecule is Cc1ccc(/C(O)=C2\C(=O)C(=O)N(c3nnc(SCc4ccccc4F)s3)C2c2cccc(OCc3ccccc3)c2)cc1. The quantitative estimate of drug-likeness (QED) is 0.0598. The standard InChI is InChI=1S/C34H26FN3O4S2/c1-21-14-16-23(17-15-21)30(39)28-29(24-11-7-12-26(18-24)42-19-22-8-3-2-4-9-22)38(32(41)31(28)40)33-36-37-34(44-33)43-20-25-10-5-6-13-27(25)35/h2-18,29,39H,19-20H2,1H3/b30-28+. The second kappa shape index (κ2) is 12.8. The second-order valence-corrected chi connectivity index (χ2v) is 12.3. The van der Waals surface area contributed by atoms with Crippen LogP contribution in [0.15, 0.2) is 113 Å². The molecule has 2 heterocycles. The molecule has 220 valence electrons. The van der Waals surface area contributed by atoms with E-state index in [9.17, 15) is 19.1 Å². The van der Waals surface area contributed by atoms with Gasteiger partial charge in [-0.1, -0.05) is 114 Å². The van der Waals surface area contributed by atoms with Crippen LogP contribution in [0, 0.1) is 12.7 Å². The number of Topliss-reactive ketones (excluding diaryl/α,β-unsaturated/α-hetero) is 1. The lowest BCUT2D eigenvalue weighted by molar-refractivity contribution is -0.132. The first-order chi connectivity index (χ1) is 21.4. The van der Waals surface area contributed by atoms with E-state index in [2.05, 4.69) is 10.2 Å². The molecule has 4 aromatic carbocycles. The first-order valence-corrected chi connectivity index (χ1v) is 15.5. The average molecular weight is 624 g/mol. The van der Waals surface area contributed by atoms with Crippen molar-refractivity contribution >= 4 is 45.7 Å². The molecule has 1 saturated heterocycles. The lowest BCUT2D eigenvalue weighted by Gasteiger charge is -2.23. The van der Waals surface area contributed by atoms with E-state index in [0.717, 1.165) is 22.5 Å². The van der Waals surface area contributed by atoms with E-state index in [0.29, 0.717) is 39.1 Å². The van der Waals surface area contributed by atoms with Gasteiger partial charge in [-0.15, -0.1) is 10.2 Å². The number of anilines is 1. The molecule has 6 rings (SSSR count). The van der Waals surface area contributed by atoms with Crippen LogP contribution in [0.3, 0.4) is 0 Å². The summed E-state index contributed by atoms with van der Waals surface area (Å²) in [5.74, 6) is -1.42. The number of aryl methyl sites for hydroxylation is 1. The molecule has 7 nitrogen and oxygen atoms in total. The molecule has 1 aliphatic rings. The van der Waals surface area contributed by atoms with Gasteiger partial charge in [-0.2, -0.15) is 0 Å². The fourth-order valence-corrected chi connectivity index (χ4v) is 6.69. The van der Waals surface area contributed by atoms with E-state index in [1.54, 1.807) is 54.6 Å². The van der Waals surface area contributed by atoms with Gasteiger partial charge in [0, 0.05) is 11.3 Å². The summed E-state index contributed by atoms with van der Waals surface area (Å²) in [7, 11) is 0. The normalized spacial score (nSPS) is 16.0. The van der Waals surface area contributed by atoms with E-state index in [1.165, 1.54) is 22.7 Å². The van der Waals surface area contributed by atoms with Crippen molar-refractivity contribution in [2.24, 2.45) is 0 Å². The highest BCUT2D eigenvalue weighted by Crippen LogP contribution is 2.44. The second-order valence-electron chi connectivity index (χ2n) is 10.1. The number of carbonyl (C=O) groups excluding carboxylic acids is 2. The third-order valence-electron chi connectivity index (χ3n) is 7.10. The lowest BCUT2D eigenvalue weighted by atomic mass is 9.95. The highest BCUT2D eigenvalue weighted by molar-refractivity contribution is 8.00. The lowest BCUT2D eigenvalue weighted by Crippen LogP contribution is -2.29. The van der Waals surface area contributed by atoms with Crippen LogP contribution in [0.1, 0.15) is 33.9 Å². The Labute approximate surface area is 261 Å². The molecule has 1 unspecified atom stereocenters. The number of rotatable bonds is 9. The Morgan fingerprint density at radius 2 is 1.70 bits per heavy atom. The summed E-state index contributed by atoms with van der Waals surface area (Å²) in [4.78, 5) is 28.4. The molecule has 1 N–H and O–H groups in total. The number of benzene rings is 4. The number of thioether (sulfide) groups is 1. The number of nitrogens with zero attached hydrogens (tertiary/aromatic N) is 3. The number of ether oxygens (including phenoxy) is 1. The fourth-order valence-electron chi connectivity index (χ4n) is 4.84. The van der Waals surface area contributed by atoms with Crippen molar-refractivity contribution in [3.05, 3.63) is 142 Å². The summed E-state index contributed by atoms with van der Waals surface area (Å²) in [5.41, 5.74) is 3.39. The van der Waals surface area contributed by atoms with E-state index >= 15 is 0 Å². The predicted molar refractivity (Wildman–Crippen MR) is 169 cm³/mol. The first-order valence-electron chi connectivity index (χ1n) is 13.7. The molecule has 1 fully saturated rings. The number of hydrogen-bond acceptors (Lipinski definition) is 8. The molecule has 5 aromatic rings. The number of hydrogen-bond donors (Lipinski definition) is 1. The summed E-state index contributed by atoms with van der Waals surface area (Å²) >= 11 is 2.40. The van der Waals surface area contributed by atoms with Gasteiger partial charge < -0.3 is 9.84 Å². The van der Waals surface area contributed by atoms with Crippen molar-refractivity contribution in [2.75, 3.05) is 4.90 Å². The summed E-state index contributed by atoms with van der Waals surface area (Å²) < 4.78 is 20.7. The smallest absolute Gasteiger partial charge is 0.301 e. The molecule has 0 bridgehead atoms. The molecule has 0 saturated carbocycles. The number of halogens is 1. The Bertz CT molecular complexity index is 1860. The molecule has 44 heavy (non-hydrogen) atoms. The Morgan fingerprint density at radius 3 is 2.48 bits per heavy atom.